The SMILES string of the molecule is O=C(CS(=O)(=O)c1ccc2c(c1)S(=O)(=O)N=CN2)N1CCCCCC1. The minimum absolute atomic E-state index is 0.197. The highest BCUT2D eigenvalue weighted by atomic mass is 32.2. The van der Waals surface area contributed by atoms with Gasteiger partial charge in [-0.25, -0.2) is 8.42 Å². The van der Waals surface area contributed by atoms with Crippen molar-refractivity contribution in [1.29, 1.82) is 0 Å². The maximum absolute atomic E-state index is 12.6. The third kappa shape index (κ3) is 3.84. The fourth-order valence-corrected chi connectivity index (χ4v) is 5.22. The van der Waals surface area contributed by atoms with Crippen molar-refractivity contribution in [2.45, 2.75) is 35.5 Å². The molecule has 2 aliphatic heterocycles. The molecule has 10 heteroatoms. The van der Waals surface area contributed by atoms with Crippen LogP contribution in [0.2, 0.25) is 0 Å². The van der Waals surface area contributed by atoms with Crippen molar-refractivity contribution in [2.24, 2.45) is 4.40 Å². The van der Waals surface area contributed by atoms with Crippen LogP contribution < -0.4 is 5.32 Å². The molecule has 1 amide bonds. The van der Waals surface area contributed by atoms with E-state index in [1.165, 1.54) is 12.1 Å². The molecule has 136 valence electrons. The van der Waals surface area contributed by atoms with Crippen molar-refractivity contribution in [3.05, 3.63) is 18.2 Å². The van der Waals surface area contributed by atoms with Crippen molar-refractivity contribution in [3.8, 4) is 0 Å². The van der Waals surface area contributed by atoms with E-state index in [0.717, 1.165) is 38.1 Å². The molecule has 0 saturated carbocycles. The number of hydrogen-bond donors (Lipinski definition) is 1. The van der Waals surface area contributed by atoms with E-state index in [4.69, 9.17) is 0 Å². The summed E-state index contributed by atoms with van der Waals surface area (Å²) in [5.74, 6) is -1.11. The first-order valence-corrected chi connectivity index (χ1v) is 11.1. The lowest BCUT2D eigenvalue weighted by Gasteiger charge is -2.20. The summed E-state index contributed by atoms with van der Waals surface area (Å²) >= 11 is 0. The number of fused-ring (bicyclic) bond motifs is 1. The molecule has 0 bridgehead atoms. The van der Waals surface area contributed by atoms with Gasteiger partial charge in [0.15, 0.2) is 9.84 Å². The zero-order valence-corrected chi connectivity index (χ0v) is 15.1. The van der Waals surface area contributed by atoms with Gasteiger partial charge in [0.05, 0.1) is 10.6 Å². The van der Waals surface area contributed by atoms with E-state index < -0.39 is 31.5 Å². The summed E-state index contributed by atoms with van der Waals surface area (Å²) in [6, 6.07) is 3.71. The van der Waals surface area contributed by atoms with E-state index in [1.54, 1.807) is 4.90 Å². The van der Waals surface area contributed by atoms with E-state index in [1.807, 2.05) is 0 Å². The van der Waals surface area contributed by atoms with Crippen molar-refractivity contribution in [1.82, 2.24) is 4.90 Å². The summed E-state index contributed by atoms with van der Waals surface area (Å²) < 4.78 is 52.4. The zero-order valence-electron chi connectivity index (χ0n) is 13.5. The van der Waals surface area contributed by atoms with Gasteiger partial charge in [-0.15, -0.1) is 4.40 Å². The second-order valence-electron chi connectivity index (χ2n) is 6.07. The van der Waals surface area contributed by atoms with E-state index in [9.17, 15) is 21.6 Å². The predicted octanol–water partition coefficient (Wildman–Crippen LogP) is 1.01. The Bertz CT molecular complexity index is 914. The number of carbonyl (C=O) groups is 1. The topological polar surface area (TPSA) is 113 Å². The molecule has 0 aromatic heterocycles. The highest BCUT2D eigenvalue weighted by molar-refractivity contribution is 7.92. The molecular formula is C15H19N3O5S2. The number of nitrogens with zero attached hydrogens (tertiary/aromatic N) is 2. The lowest BCUT2D eigenvalue weighted by atomic mass is 10.2. The number of benzene rings is 1. The van der Waals surface area contributed by atoms with Gasteiger partial charge in [-0.2, -0.15) is 8.42 Å². The molecule has 1 fully saturated rings. The highest BCUT2D eigenvalue weighted by Gasteiger charge is 2.28. The average Bonchev–Trinajstić information content (AvgIpc) is 2.83. The molecule has 0 aliphatic carbocycles. The number of amides is 1. The van der Waals surface area contributed by atoms with Crippen molar-refractivity contribution in [2.75, 3.05) is 24.2 Å². The van der Waals surface area contributed by atoms with E-state index in [-0.39, 0.29) is 15.5 Å². The van der Waals surface area contributed by atoms with Crippen LogP contribution in [0.5, 0.6) is 0 Å². The smallest absolute Gasteiger partial charge is 0.285 e. The van der Waals surface area contributed by atoms with Crippen LogP contribution in [0.1, 0.15) is 25.7 Å². The van der Waals surface area contributed by atoms with E-state index in [2.05, 4.69) is 9.71 Å². The molecule has 1 N–H and O–H groups in total. The molecule has 0 radical (unpaired) electrons. The number of hydrogen-bond acceptors (Lipinski definition) is 6. The van der Waals surface area contributed by atoms with Crippen molar-refractivity contribution >= 4 is 37.8 Å². The third-order valence-electron chi connectivity index (χ3n) is 4.27. The van der Waals surface area contributed by atoms with Gasteiger partial charge in [-0.1, -0.05) is 12.8 Å². The lowest BCUT2D eigenvalue weighted by molar-refractivity contribution is -0.128. The van der Waals surface area contributed by atoms with Crippen LogP contribution >= 0.6 is 0 Å². The minimum atomic E-state index is -3.94. The Hall–Kier alpha value is -1.94. The quantitative estimate of drug-likeness (QED) is 0.831. The minimum Gasteiger partial charge on any atom is -0.345 e. The second kappa shape index (κ2) is 6.75. The normalized spacial score (nSPS) is 19.6. The Kier molecular flexibility index (Phi) is 4.83. The van der Waals surface area contributed by atoms with Gasteiger partial charge in [-0.05, 0) is 31.0 Å². The maximum Gasteiger partial charge on any atom is 0.285 e. The number of sulfonamides is 1. The van der Waals surface area contributed by atoms with Crippen LogP contribution in [0.3, 0.4) is 0 Å². The van der Waals surface area contributed by atoms with Crippen LogP contribution in [0.15, 0.2) is 32.4 Å². The van der Waals surface area contributed by atoms with Crippen molar-refractivity contribution in [3.63, 3.8) is 0 Å². The van der Waals surface area contributed by atoms with E-state index >= 15 is 0 Å². The average molecular weight is 385 g/mol. The first kappa shape index (κ1) is 17.9. The number of rotatable bonds is 3. The first-order chi connectivity index (χ1) is 11.8. The fourth-order valence-electron chi connectivity index (χ4n) is 2.91. The standard InChI is InChI=1S/C15H19N3O5S2/c19-15(18-7-3-1-2-4-8-18)10-24(20,21)12-5-6-13-14(9-12)25(22,23)17-11-16-13/h5-6,9,11H,1-4,7-8,10H2,(H,16,17). The Labute approximate surface area is 146 Å². The van der Waals surface area contributed by atoms with E-state index in [0.29, 0.717) is 13.1 Å². The maximum atomic E-state index is 12.6. The number of anilines is 1. The lowest BCUT2D eigenvalue weighted by Crippen LogP contribution is -2.36. The van der Waals surface area contributed by atoms with Crippen LogP contribution in [-0.4, -0.2) is 52.8 Å². The largest absolute Gasteiger partial charge is 0.345 e. The summed E-state index contributed by atoms with van der Waals surface area (Å²) in [5, 5.41) is 2.66. The molecule has 2 heterocycles. The van der Waals surface area contributed by atoms with Gasteiger partial charge in [0, 0.05) is 13.1 Å². The Balaban J connectivity index is 1.85. The number of sulfone groups is 1. The van der Waals surface area contributed by atoms with Gasteiger partial charge < -0.3 is 10.2 Å². The van der Waals surface area contributed by atoms with Crippen LogP contribution in [0.25, 0.3) is 0 Å². The van der Waals surface area contributed by atoms with Crippen molar-refractivity contribution < 1.29 is 21.6 Å². The van der Waals surface area contributed by atoms with Crippen LogP contribution in [-0.2, 0) is 24.7 Å². The van der Waals surface area contributed by atoms with Gasteiger partial charge in [0.25, 0.3) is 10.0 Å². The highest BCUT2D eigenvalue weighted by Crippen LogP contribution is 2.28. The summed E-state index contributed by atoms with van der Waals surface area (Å²) in [6.07, 6.45) is 4.84. The van der Waals surface area contributed by atoms with Gasteiger partial charge in [0.2, 0.25) is 5.91 Å². The zero-order chi connectivity index (χ0) is 18.1. The molecular weight excluding hydrogens is 366 g/mol. The number of nitrogens with one attached hydrogen (secondary N) is 1. The molecule has 1 saturated heterocycles. The second-order valence-corrected chi connectivity index (χ2v) is 9.66. The third-order valence-corrected chi connectivity index (χ3v) is 7.15. The fraction of sp³-hybridized carbons (Fsp3) is 0.467. The Morgan fingerprint density at radius 2 is 1.84 bits per heavy atom. The summed E-state index contributed by atoms with van der Waals surface area (Å²) in [5.41, 5.74) is 0.257. The molecule has 0 unspecified atom stereocenters. The molecule has 3 rings (SSSR count). The van der Waals surface area contributed by atoms with Crippen LogP contribution in [0, 0.1) is 0 Å². The summed E-state index contributed by atoms with van der Waals surface area (Å²) in [7, 11) is -7.87. The monoisotopic (exact) mass is 385 g/mol. The van der Waals surface area contributed by atoms with Crippen LogP contribution in [0.4, 0.5) is 5.69 Å². The summed E-state index contributed by atoms with van der Waals surface area (Å²) in [4.78, 5) is 13.5. The first-order valence-electron chi connectivity index (χ1n) is 7.99. The molecule has 2 aliphatic rings. The Morgan fingerprint density at radius 1 is 1.16 bits per heavy atom. The van der Waals surface area contributed by atoms with Gasteiger partial charge >= 0.3 is 0 Å². The number of carbonyl (C=O) groups excluding carboxylic acids is 1. The predicted molar refractivity (Wildman–Crippen MR) is 92.8 cm³/mol. The molecule has 8 nitrogen and oxygen atoms in total. The number of likely N-dealkylation sites (tertiary alicyclic amines) is 1. The Morgan fingerprint density at radius 3 is 2.52 bits per heavy atom. The molecule has 1 aromatic rings. The summed E-state index contributed by atoms with van der Waals surface area (Å²) in [6.45, 7) is 1.12. The molecule has 1 aromatic carbocycles. The molecule has 0 atom stereocenters. The molecule has 0 spiro atoms. The van der Waals surface area contributed by atoms with Gasteiger partial charge in [-0.3, -0.25) is 4.79 Å². The molecule has 25 heavy (non-hydrogen) atoms. The van der Waals surface area contributed by atoms with Gasteiger partial charge in [0.1, 0.15) is 17.0 Å².